The van der Waals surface area contributed by atoms with Crippen LogP contribution in [0.4, 0.5) is 0 Å². The fourth-order valence-corrected chi connectivity index (χ4v) is 5.81. The van der Waals surface area contributed by atoms with Gasteiger partial charge in [0.2, 0.25) is 5.91 Å². The van der Waals surface area contributed by atoms with Gasteiger partial charge in [0, 0.05) is 31.7 Å². The Kier molecular flexibility index (Phi) is 5.32. The minimum Gasteiger partial charge on any atom is -0.326 e. The van der Waals surface area contributed by atoms with Gasteiger partial charge in [-0.1, -0.05) is 0 Å². The van der Waals surface area contributed by atoms with Gasteiger partial charge in [-0.05, 0) is 51.4 Å². The maximum Gasteiger partial charge on any atom is 0.279 e. The molecule has 2 bridgehead atoms. The summed E-state index contributed by atoms with van der Waals surface area (Å²) < 4.78 is 28.7. The molecule has 3 atom stereocenters. The lowest BCUT2D eigenvalue weighted by molar-refractivity contribution is -0.130. The van der Waals surface area contributed by atoms with Crippen LogP contribution in [0.5, 0.6) is 0 Å². The van der Waals surface area contributed by atoms with E-state index >= 15 is 0 Å². The summed E-state index contributed by atoms with van der Waals surface area (Å²) in [6.45, 7) is 0.868. The fourth-order valence-electron chi connectivity index (χ4n) is 4.80. The molecule has 2 saturated carbocycles. The molecule has 8 nitrogen and oxygen atoms in total. The highest BCUT2D eigenvalue weighted by molar-refractivity contribution is 7.87. The van der Waals surface area contributed by atoms with Gasteiger partial charge in [-0.2, -0.15) is 22.7 Å². The SMILES string of the molecule is CN(C)S(=O)(=O)NC12CCCC(NCC(=O)N3CCC[C@H]3C#N)(CC1)C2. The third kappa shape index (κ3) is 3.74. The van der Waals surface area contributed by atoms with Crippen LogP contribution in [0, 0.1) is 11.3 Å². The Balaban J connectivity index is 1.63. The molecule has 1 heterocycles. The van der Waals surface area contributed by atoms with Crippen LogP contribution < -0.4 is 10.0 Å². The molecule has 1 aliphatic heterocycles. The number of carbonyl (C=O) groups is 1. The van der Waals surface area contributed by atoms with Crippen molar-refractivity contribution >= 4 is 16.1 Å². The molecule has 3 aliphatic rings. The number of carbonyl (C=O) groups excluding carboxylic acids is 1. The highest BCUT2D eigenvalue weighted by Crippen LogP contribution is 2.48. The lowest BCUT2D eigenvalue weighted by atomic mass is 9.79. The maximum absolute atomic E-state index is 12.5. The Morgan fingerprint density at radius 2 is 1.92 bits per heavy atom. The third-order valence-electron chi connectivity index (χ3n) is 6.23. The van der Waals surface area contributed by atoms with E-state index < -0.39 is 15.7 Å². The second kappa shape index (κ2) is 7.08. The first-order valence-corrected chi connectivity index (χ1v) is 10.8. The lowest BCUT2D eigenvalue weighted by Crippen LogP contribution is -2.57. The first-order chi connectivity index (χ1) is 12.2. The van der Waals surface area contributed by atoms with E-state index in [2.05, 4.69) is 16.1 Å². The van der Waals surface area contributed by atoms with Crippen LogP contribution in [-0.4, -0.2) is 67.8 Å². The van der Waals surface area contributed by atoms with Gasteiger partial charge in [-0.25, -0.2) is 0 Å². The van der Waals surface area contributed by atoms with Crippen molar-refractivity contribution in [2.24, 2.45) is 0 Å². The van der Waals surface area contributed by atoms with Crippen LogP contribution in [0.2, 0.25) is 0 Å². The van der Waals surface area contributed by atoms with Crippen LogP contribution in [0.15, 0.2) is 0 Å². The third-order valence-corrected chi connectivity index (χ3v) is 7.88. The van der Waals surface area contributed by atoms with E-state index in [-0.39, 0.29) is 24.0 Å². The van der Waals surface area contributed by atoms with Crippen molar-refractivity contribution in [2.45, 2.75) is 68.5 Å². The number of nitrogens with zero attached hydrogens (tertiary/aromatic N) is 3. The highest BCUT2D eigenvalue weighted by Gasteiger charge is 2.52. The standard InChI is InChI=1S/C17H29N5O3S/c1-21(2)26(24,25)20-17-7-4-6-16(13-17,8-9-17)19-12-15(23)22-10-3-5-14(22)11-18/h14,19-20H,3-10,12-13H2,1-2H3/t14-,16?,17?/m0/s1. The quantitative estimate of drug-likeness (QED) is 0.688. The van der Waals surface area contributed by atoms with E-state index in [0.29, 0.717) is 13.0 Å². The molecule has 1 saturated heterocycles. The van der Waals surface area contributed by atoms with Gasteiger partial charge in [0.15, 0.2) is 0 Å². The van der Waals surface area contributed by atoms with Crippen molar-refractivity contribution in [1.82, 2.24) is 19.2 Å². The van der Waals surface area contributed by atoms with Crippen molar-refractivity contribution in [3.63, 3.8) is 0 Å². The van der Waals surface area contributed by atoms with Gasteiger partial charge in [-0.3, -0.25) is 4.79 Å². The molecule has 3 rings (SSSR count). The number of nitriles is 1. The average molecular weight is 384 g/mol. The van der Waals surface area contributed by atoms with Crippen LogP contribution in [0.25, 0.3) is 0 Å². The summed E-state index contributed by atoms with van der Waals surface area (Å²) in [6, 6.07) is 1.90. The van der Waals surface area contributed by atoms with Gasteiger partial charge in [0.1, 0.15) is 6.04 Å². The molecule has 0 aromatic carbocycles. The van der Waals surface area contributed by atoms with E-state index in [1.807, 2.05) is 0 Å². The maximum atomic E-state index is 12.5. The molecule has 2 N–H and O–H groups in total. The van der Waals surface area contributed by atoms with Crippen molar-refractivity contribution in [3.8, 4) is 6.07 Å². The molecule has 3 fully saturated rings. The molecule has 0 spiro atoms. The number of fused-ring (bicyclic) bond motifs is 2. The second-order valence-electron chi connectivity index (χ2n) is 8.21. The van der Waals surface area contributed by atoms with Crippen LogP contribution in [0.3, 0.4) is 0 Å². The number of hydrogen-bond donors (Lipinski definition) is 2. The molecule has 146 valence electrons. The molecule has 1 amide bonds. The Bertz CT molecular complexity index is 704. The molecule has 26 heavy (non-hydrogen) atoms. The molecular formula is C17H29N5O3S. The summed E-state index contributed by atoms with van der Waals surface area (Å²) in [6.07, 6.45) is 6.70. The Labute approximate surface area is 156 Å². The largest absolute Gasteiger partial charge is 0.326 e. The van der Waals surface area contributed by atoms with Gasteiger partial charge in [0.25, 0.3) is 10.2 Å². The number of amides is 1. The molecular weight excluding hydrogens is 354 g/mol. The zero-order valence-corrected chi connectivity index (χ0v) is 16.4. The molecule has 0 aromatic rings. The second-order valence-corrected chi connectivity index (χ2v) is 10.1. The molecule has 9 heteroatoms. The number of rotatable bonds is 6. The topological polar surface area (TPSA) is 106 Å². The van der Waals surface area contributed by atoms with Crippen molar-refractivity contribution in [1.29, 1.82) is 5.26 Å². The summed E-state index contributed by atoms with van der Waals surface area (Å²) in [4.78, 5) is 14.2. The molecule has 2 aliphatic carbocycles. The van der Waals surface area contributed by atoms with E-state index in [1.54, 1.807) is 4.90 Å². The van der Waals surface area contributed by atoms with Gasteiger partial charge in [0.05, 0.1) is 12.6 Å². The van der Waals surface area contributed by atoms with E-state index in [4.69, 9.17) is 5.26 Å². The Hall–Kier alpha value is -1.21. The van der Waals surface area contributed by atoms with Gasteiger partial charge >= 0.3 is 0 Å². The van der Waals surface area contributed by atoms with E-state index in [1.165, 1.54) is 18.4 Å². The normalized spacial score (nSPS) is 34.2. The summed E-state index contributed by atoms with van der Waals surface area (Å²) in [7, 11) is -0.418. The molecule has 0 radical (unpaired) electrons. The molecule has 0 aromatic heterocycles. The Morgan fingerprint density at radius 3 is 2.62 bits per heavy atom. The highest BCUT2D eigenvalue weighted by atomic mass is 32.2. The number of likely N-dealkylation sites (tertiary alicyclic amines) is 1. The summed E-state index contributed by atoms with van der Waals surface area (Å²) in [5.41, 5.74) is -0.606. The molecule has 2 unspecified atom stereocenters. The lowest BCUT2D eigenvalue weighted by Gasteiger charge is -2.41. The number of hydrogen-bond acceptors (Lipinski definition) is 5. The minimum absolute atomic E-state index is 0.0274. The smallest absolute Gasteiger partial charge is 0.279 e. The fraction of sp³-hybridized carbons (Fsp3) is 0.882. The van der Waals surface area contributed by atoms with Crippen LogP contribution in [-0.2, 0) is 15.0 Å². The van der Waals surface area contributed by atoms with Crippen molar-refractivity contribution < 1.29 is 13.2 Å². The van der Waals surface area contributed by atoms with Gasteiger partial charge in [-0.15, -0.1) is 0 Å². The average Bonchev–Trinajstić information content (AvgIpc) is 3.15. The summed E-state index contributed by atoms with van der Waals surface area (Å²) in [5, 5.41) is 12.6. The van der Waals surface area contributed by atoms with Crippen molar-refractivity contribution in [2.75, 3.05) is 27.2 Å². The first-order valence-electron chi connectivity index (χ1n) is 9.37. The first kappa shape index (κ1) is 19.5. The monoisotopic (exact) mass is 383 g/mol. The predicted octanol–water partition coefficient (Wildman–Crippen LogP) is 0.332. The Morgan fingerprint density at radius 1 is 1.23 bits per heavy atom. The minimum atomic E-state index is -3.48. The van der Waals surface area contributed by atoms with Crippen LogP contribution in [0.1, 0.15) is 51.4 Å². The zero-order valence-electron chi connectivity index (χ0n) is 15.6. The van der Waals surface area contributed by atoms with Crippen LogP contribution >= 0.6 is 0 Å². The summed E-state index contributed by atoms with van der Waals surface area (Å²) >= 11 is 0. The summed E-state index contributed by atoms with van der Waals surface area (Å²) in [5.74, 6) is -0.0274. The van der Waals surface area contributed by atoms with Gasteiger partial charge < -0.3 is 10.2 Å². The van der Waals surface area contributed by atoms with E-state index in [0.717, 1.165) is 44.9 Å². The van der Waals surface area contributed by atoms with E-state index in [9.17, 15) is 13.2 Å². The zero-order chi connectivity index (χ0) is 19.0. The van der Waals surface area contributed by atoms with Crippen molar-refractivity contribution in [3.05, 3.63) is 0 Å². The predicted molar refractivity (Wildman–Crippen MR) is 97.3 cm³/mol. The number of nitrogens with one attached hydrogen (secondary N) is 2.